The molecular weight excluding hydrogens is 401 g/mol. The van der Waals surface area contributed by atoms with Gasteiger partial charge in [-0.1, -0.05) is 0 Å². The molecule has 0 aliphatic heterocycles. The van der Waals surface area contributed by atoms with Crippen LogP contribution in [-0.4, -0.2) is 21.8 Å². The average Bonchev–Trinajstić information content (AvgIpc) is 2.34. The summed E-state index contributed by atoms with van der Waals surface area (Å²) in [5.74, 6) is 0. The normalized spacial score (nSPS) is 10.8. The summed E-state index contributed by atoms with van der Waals surface area (Å²) in [5, 5.41) is 0. The Morgan fingerprint density at radius 1 is 0.765 bits per heavy atom. The zero-order valence-electron chi connectivity index (χ0n) is 10.8. The first kappa shape index (κ1) is 12.8. The predicted molar refractivity (Wildman–Crippen MR) is 77.9 cm³/mol. The van der Waals surface area contributed by atoms with Crippen LogP contribution >= 0.6 is 0 Å². The maximum atomic E-state index is 2.36. The second-order valence-corrected chi connectivity index (χ2v) is 13.8. The molecule has 0 atom stereocenters. The molecule has 0 amide bonds. The van der Waals surface area contributed by atoms with Crippen molar-refractivity contribution in [2.45, 2.75) is 24.9 Å². The fourth-order valence-electron chi connectivity index (χ4n) is 2.20. The minimum atomic E-state index is -1.72. The van der Waals surface area contributed by atoms with Gasteiger partial charge < -0.3 is 0 Å². The van der Waals surface area contributed by atoms with Gasteiger partial charge in [-0.3, -0.25) is 0 Å². The van der Waals surface area contributed by atoms with E-state index >= 15 is 0 Å². The average molecular weight is 420 g/mol. The van der Waals surface area contributed by atoms with Crippen LogP contribution in [0.25, 0.3) is 0 Å². The zero-order valence-corrected chi connectivity index (χ0v) is 14.3. The summed E-state index contributed by atoms with van der Waals surface area (Å²) in [6.07, 6.45) is 0. The van der Waals surface area contributed by atoms with Crippen LogP contribution in [0.5, 0.6) is 0 Å². The van der Waals surface area contributed by atoms with Crippen LogP contribution in [0.3, 0.4) is 0 Å². The fraction of sp³-hybridized carbons (Fsp3) is 0.250. The second-order valence-electron chi connectivity index (χ2n) is 4.32. The van der Waals surface area contributed by atoms with Crippen molar-refractivity contribution in [1.82, 2.24) is 0 Å². The van der Waals surface area contributed by atoms with Crippen molar-refractivity contribution < 1.29 is 0 Å². The predicted octanol–water partition coefficient (Wildman–Crippen LogP) is 2.93. The van der Waals surface area contributed by atoms with Crippen LogP contribution in [-0.2, 0) is 0 Å². The number of benzene rings is 2. The zero-order chi connectivity index (χ0) is 12.3. The van der Waals surface area contributed by atoms with Gasteiger partial charge in [-0.25, -0.2) is 0 Å². The van der Waals surface area contributed by atoms with Crippen LogP contribution in [0.1, 0.15) is 18.1 Å². The van der Waals surface area contributed by atoms with E-state index in [0.717, 1.165) is 0 Å². The Labute approximate surface area is 112 Å². The minimum absolute atomic E-state index is 1.35. The van der Waals surface area contributed by atoms with E-state index in [4.69, 9.17) is 0 Å². The van der Waals surface area contributed by atoms with Gasteiger partial charge in [0.25, 0.3) is 0 Å². The van der Waals surface area contributed by atoms with E-state index in [2.05, 4.69) is 69.3 Å². The molecule has 0 aliphatic rings. The first-order chi connectivity index (χ1) is 8.24. The Hall–Kier alpha value is -0.677. The maximum absolute atomic E-state index is 2.36. The van der Waals surface area contributed by atoms with Gasteiger partial charge in [0.1, 0.15) is 0 Å². The van der Waals surface area contributed by atoms with E-state index in [0.29, 0.717) is 0 Å². The quantitative estimate of drug-likeness (QED) is 0.671. The van der Waals surface area contributed by atoms with Crippen LogP contribution in [0.15, 0.2) is 48.5 Å². The molecule has 0 bridgehead atoms. The molecule has 0 nitrogen and oxygen atoms in total. The van der Waals surface area contributed by atoms with Gasteiger partial charge in [-0.15, -0.1) is 0 Å². The molecule has 2 aromatic rings. The molecule has 0 radical (unpaired) electrons. The SMILES string of the molecule is C[CH2][Bi]([c]1ccccc1C)[c]1ccccc1C. The molecule has 0 saturated heterocycles. The van der Waals surface area contributed by atoms with E-state index < -0.39 is 21.8 Å². The van der Waals surface area contributed by atoms with Crippen molar-refractivity contribution in [3.05, 3.63) is 59.7 Å². The molecule has 2 aromatic carbocycles. The third kappa shape index (κ3) is 2.77. The van der Waals surface area contributed by atoms with Crippen molar-refractivity contribution in [3.8, 4) is 0 Å². The molecule has 0 N–H and O–H groups in total. The second kappa shape index (κ2) is 5.78. The number of hydrogen-bond donors (Lipinski definition) is 0. The van der Waals surface area contributed by atoms with Crippen LogP contribution < -0.4 is 6.54 Å². The molecule has 0 fully saturated rings. The van der Waals surface area contributed by atoms with Crippen LogP contribution in [0, 0.1) is 13.8 Å². The summed E-state index contributed by atoms with van der Waals surface area (Å²) in [7, 11) is 0. The first-order valence-corrected chi connectivity index (χ1v) is 12.1. The monoisotopic (exact) mass is 420 g/mol. The molecule has 0 heterocycles. The standard InChI is InChI=1S/2C7H7.C2H5.Bi/c2*1-7-5-3-2-4-6-7;1-2;/h2*2-5H,1H3;1H2,2H3;. The molecule has 88 valence electrons. The molecule has 0 aliphatic carbocycles. The summed E-state index contributed by atoms with van der Waals surface area (Å²) in [6.45, 7) is 6.87. The molecule has 0 spiro atoms. The van der Waals surface area contributed by atoms with E-state index in [1.54, 1.807) is 6.54 Å². The Balaban J connectivity index is 2.48. The van der Waals surface area contributed by atoms with E-state index in [1.165, 1.54) is 15.3 Å². The van der Waals surface area contributed by atoms with Crippen molar-refractivity contribution >= 4 is 28.3 Å². The summed E-state index contributed by atoms with van der Waals surface area (Å²) in [5.41, 5.74) is 2.96. The summed E-state index contributed by atoms with van der Waals surface area (Å²) in [4.78, 5) is 0. The molecule has 1 heteroatoms. The number of rotatable bonds is 3. The third-order valence-electron chi connectivity index (χ3n) is 3.13. The molecule has 0 saturated carbocycles. The first-order valence-electron chi connectivity index (χ1n) is 6.13. The number of aryl methyl sites for hydroxylation is 2. The van der Waals surface area contributed by atoms with Gasteiger partial charge in [0.2, 0.25) is 0 Å². The van der Waals surface area contributed by atoms with E-state index in [9.17, 15) is 0 Å². The Bertz CT molecular complexity index is 457. The van der Waals surface area contributed by atoms with E-state index in [1.807, 2.05) is 0 Å². The van der Waals surface area contributed by atoms with Crippen molar-refractivity contribution in [2.75, 3.05) is 0 Å². The third-order valence-corrected chi connectivity index (χ3v) is 14.0. The number of hydrogen-bond acceptors (Lipinski definition) is 0. The molecule has 17 heavy (non-hydrogen) atoms. The Morgan fingerprint density at radius 3 is 1.53 bits per heavy atom. The topological polar surface area (TPSA) is 0 Å². The van der Waals surface area contributed by atoms with Gasteiger partial charge in [0, 0.05) is 0 Å². The molecule has 0 aromatic heterocycles. The van der Waals surface area contributed by atoms with Crippen molar-refractivity contribution in [3.63, 3.8) is 0 Å². The van der Waals surface area contributed by atoms with Crippen molar-refractivity contribution in [2.24, 2.45) is 0 Å². The molecular formula is C16H19Bi. The summed E-state index contributed by atoms with van der Waals surface area (Å²) in [6, 6.07) is 17.9. The summed E-state index contributed by atoms with van der Waals surface area (Å²) < 4.78 is 4.68. The van der Waals surface area contributed by atoms with E-state index in [-0.39, 0.29) is 0 Å². The summed E-state index contributed by atoms with van der Waals surface area (Å²) >= 11 is -1.72. The van der Waals surface area contributed by atoms with Gasteiger partial charge in [0.05, 0.1) is 0 Å². The fourth-order valence-corrected chi connectivity index (χ4v) is 11.8. The Kier molecular flexibility index (Phi) is 4.34. The van der Waals surface area contributed by atoms with Crippen LogP contribution in [0.2, 0.25) is 4.13 Å². The van der Waals surface area contributed by atoms with Crippen molar-refractivity contribution in [1.29, 1.82) is 0 Å². The van der Waals surface area contributed by atoms with Gasteiger partial charge >= 0.3 is 113 Å². The van der Waals surface area contributed by atoms with Gasteiger partial charge in [-0.05, 0) is 0 Å². The Morgan fingerprint density at radius 2 is 1.18 bits per heavy atom. The molecule has 2 rings (SSSR count). The van der Waals surface area contributed by atoms with Gasteiger partial charge in [0.15, 0.2) is 0 Å². The molecule has 0 unspecified atom stereocenters. The van der Waals surface area contributed by atoms with Crippen LogP contribution in [0.4, 0.5) is 0 Å². The van der Waals surface area contributed by atoms with Gasteiger partial charge in [-0.2, -0.15) is 0 Å².